The van der Waals surface area contributed by atoms with Gasteiger partial charge in [-0.3, -0.25) is 4.99 Å². The van der Waals surface area contributed by atoms with Crippen molar-refractivity contribution in [1.82, 2.24) is 15.6 Å². The van der Waals surface area contributed by atoms with Gasteiger partial charge in [-0.2, -0.15) is 0 Å². The van der Waals surface area contributed by atoms with Crippen molar-refractivity contribution < 1.29 is 9.47 Å². The third-order valence-corrected chi connectivity index (χ3v) is 5.75. The third kappa shape index (κ3) is 5.96. The minimum Gasteiger partial charge on any atom is -0.494 e. The summed E-state index contributed by atoms with van der Waals surface area (Å²) in [5.74, 6) is 3.67. The van der Waals surface area contributed by atoms with Crippen LogP contribution in [-0.2, 0) is 19.5 Å². The Morgan fingerprint density at radius 1 is 1.22 bits per heavy atom. The molecule has 2 aliphatic rings. The van der Waals surface area contributed by atoms with E-state index in [1.165, 1.54) is 18.4 Å². The molecule has 1 fully saturated rings. The summed E-state index contributed by atoms with van der Waals surface area (Å²) in [6.45, 7) is 8.22. The van der Waals surface area contributed by atoms with Gasteiger partial charge in [0.2, 0.25) is 0 Å². The molecule has 2 aromatic rings. The van der Waals surface area contributed by atoms with Gasteiger partial charge in [-0.05, 0) is 50.5 Å². The van der Waals surface area contributed by atoms with Crippen molar-refractivity contribution in [1.29, 1.82) is 0 Å². The van der Waals surface area contributed by atoms with Crippen molar-refractivity contribution in [2.24, 2.45) is 4.99 Å². The highest BCUT2D eigenvalue weighted by atomic mass is 127. The number of benzene rings is 1. The number of hydrogen-bond acceptors (Lipinski definition) is 5. The Morgan fingerprint density at radius 3 is 2.69 bits per heavy atom. The molecule has 0 radical (unpaired) electrons. The van der Waals surface area contributed by atoms with Crippen molar-refractivity contribution in [3.63, 3.8) is 0 Å². The SMILES string of the molecule is CCOc1cc2c(cc1CNC(=NC)NCc1ccc(N3CCCC3)nc1)OC(C)C2.I. The second-order valence-corrected chi connectivity index (χ2v) is 8.13. The largest absolute Gasteiger partial charge is 0.494 e. The topological polar surface area (TPSA) is 71.0 Å². The Bertz CT molecular complexity index is 913. The van der Waals surface area contributed by atoms with E-state index >= 15 is 0 Å². The summed E-state index contributed by atoms with van der Waals surface area (Å²) in [5.41, 5.74) is 3.40. The Labute approximate surface area is 208 Å². The number of fused-ring (bicyclic) bond motifs is 1. The number of guanidine groups is 1. The smallest absolute Gasteiger partial charge is 0.191 e. The lowest BCUT2D eigenvalue weighted by atomic mass is 10.1. The molecule has 2 aliphatic heterocycles. The Balaban J connectivity index is 0.00000289. The summed E-state index contributed by atoms with van der Waals surface area (Å²) < 4.78 is 11.8. The molecular weight excluding hydrogens is 517 g/mol. The molecule has 0 saturated carbocycles. The van der Waals surface area contributed by atoms with E-state index in [0.717, 1.165) is 53.9 Å². The molecule has 2 N–H and O–H groups in total. The average Bonchev–Trinajstić information content (AvgIpc) is 3.43. The van der Waals surface area contributed by atoms with E-state index in [-0.39, 0.29) is 30.1 Å². The number of rotatable bonds is 7. The normalized spacial score (nSPS) is 17.4. The van der Waals surface area contributed by atoms with Crippen molar-refractivity contribution >= 4 is 35.8 Å². The fraction of sp³-hybridized carbons (Fsp3) is 0.500. The van der Waals surface area contributed by atoms with Crippen molar-refractivity contribution in [3.05, 3.63) is 47.2 Å². The number of pyridine rings is 1. The molecule has 0 amide bonds. The van der Waals surface area contributed by atoms with Crippen LogP contribution in [0.1, 0.15) is 43.4 Å². The van der Waals surface area contributed by atoms with E-state index in [1.807, 2.05) is 13.1 Å². The predicted octanol–water partition coefficient (Wildman–Crippen LogP) is 3.89. The van der Waals surface area contributed by atoms with Crippen LogP contribution < -0.4 is 25.0 Å². The van der Waals surface area contributed by atoms with Crippen LogP contribution in [0.15, 0.2) is 35.5 Å². The molecule has 7 nitrogen and oxygen atoms in total. The first-order chi connectivity index (χ1) is 15.2. The molecule has 4 rings (SSSR count). The molecule has 3 heterocycles. The molecule has 174 valence electrons. The van der Waals surface area contributed by atoms with Gasteiger partial charge >= 0.3 is 0 Å². The third-order valence-electron chi connectivity index (χ3n) is 5.75. The Kier molecular flexibility index (Phi) is 8.84. The molecule has 32 heavy (non-hydrogen) atoms. The number of aliphatic imine (C=N–C) groups is 1. The van der Waals surface area contributed by atoms with E-state index < -0.39 is 0 Å². The number of nitrogens with one attached hydrogen (secondary N) is 2. The van der Waals surface area contributed by atoms with Gasteiger partial charge < -0.3 is 25.0 Å². The maximum absolute atomic E-state index is 5.93. The van der Waals surface area contributed by atoms with Crippen LogP contribution in [0.25, 0.3) is 0 Å². The van der Waals surface area contributed by atoms with E-state index in [1.54, 1.807) is 7.05 Å². The zero-order valence-electron chi connectivity index (χ0n) is 19.2. The summed E-state index contributed by atoms with van der Waals surface area (Å²) in [6.07, 6.45) is 5.60. The van der Waals surface area contributed by atoms with Crippen LogP contribution in [0.4, 0.5) is 5.82 Å². The Hall–Kier alpha value is -2.23. The maximum Gasteiger partial charge on any atom is 0.191 e. The lowest BCUT2D eigenvalue weighted by molar-refractivity contribution is 0.254. The minimum atomic E-state index is 0. The maximum atomic E-state index is 5.93. The number of anilines is 1. The van der Waals surface area contributed by atoms with Crippen LogP contribution in [0.3, 0.4) is 0 Å². The van der Waals surface area contributed by atoms with Gasteiger partial charge in [0.15, 0.2) is 5.96 Å². The molecule has 1 aromatic carbocycles. The zero-order chi connectivity index (χ0) is 21.6. The summed E-state index contributed by atoms with van der Waals surface area (Å²) in [4.78, 5) is 11.3. The zero-order valence-corrected chi connectivity index (χ0v) is 21.5. The van der Waals surface area contributed by atoms with Crippen LogP contribution in [-0.4, -0.2) is 43.8 Å². The molecule has 1 unspecified atom stereocenters. The van der Waals surface area contributed by atoms with Crippen LogP contribution in [0, 0.1) is 0 Å². The minimum absolute atomic E-state index is 0. The standard InChI is InChI=1S/C24H33N5O2.HI/c1-4-30-21-12-19-11-17(2)31-22(19)13-20(21)16-28-24(25-3)27-15-18-7-8-23(26-14-18)29-9-5-6-10-29;/h7-8,12-14,17H,4-6,9-11,15-16H2,1-3H3,(H2,25,27,28);1H. The van der Waals surface area contributed by atoms with Gasteiger partial charge in [0, 0.05) is 57.0 Å². The van der Waals surface area contributed by atoms with Crippen LogP contribution >= 0.6 is 24.0 Å². The summed E-state index contributed by atoms with van der Waals surface area (Å²) >= 11 is 0. The van der Waals surface area contributed by atoms with Gasteiger partial charge in [0.25, 0.3) is 0 Å². The molecule has 0 aliphatic carbocycles. The number of nitrogens with zero attached hydrogens (tertiary/aromatic N) is 3. The van der Waals surface area contributed by atoms with Crippen molar-refractivity contribution in [2.75, 3.05) is 31.6 Å². The fourth-order valence-corrected chi connectivity index (χ4v) is 4.15. The second-order valence-electron chi connectivity index (χ2n) is 8.13. The van der Waals surface area contributed by atoms with Gasteiger partial charge in [-0.1, -0.05) is 6.07 Å². The quantitative estimate of drug-likeness (QED) is 0.309. The van der Waals surface area contributed by atoms with Crippen LogP contribution in [0.5, 0.6) is 11.5 Å². The van der Waals surface area contributed by atoms with Gasteiger partial charge in [0.05, 0.1) is 6.61 Å². The van der Waals surface area contributed by atoms with Gasteiger partial charge in [-0.25, -0.2) is 4.98 Å². The first-order valence-electron chi connectivity index (χ1n) is 11.3. The average molecular weight is 551 g/mol. The second kappa shape index (κ2) is 11.6. The van der Waals surface area contributed by atoms with Gasteiger partial charge in [0.1, 0.15) is 23.4 Å². The molecule has 0 bridgehead atoms. The molecule has 1 saturated heterocycles. The number of hydrogen-bond donors (Lipinski definition) is 2. The van der Waals surface area contributed by atoms with E-state index in [9.17, 15) is 0 Å². The first-order valence-corrected chi connectivity index (χ1v) is 11.3. The monoisotopic (exact) mass is 551 g/mol. The molecular formula is C24H34IN5O2. The molecule has 1 atom stereocenters. The Morgan fingerprint density at radius 2 is 2.00 bits per heavy atom. The molecule has 0 spiro atoms. The van der Waals surface area contributed by atoms with Gasteiger partial charge in [-0.15, -0.1) is 24.0 Å². The lowest BCUT2D eigenvalue weighted by Crippen LogP contribution is -2.36. The fourth-order valence-electron chi connectivity index (χ4n) is 4.15. The van der Waals surface area contributed by atoms with E-state index in [2.05, 4.69) is 56.7 Å². The van der Waals surface area contributed by atoms with E-state index in [0.29, 0.717) is 19.7 Å². The van der Waals surface area contributed by atoms with E-state index in [4.69, 9.17) is 9.47 Å². The lowest BCUT2D eigenvalue weighted by Gasteiger charge is -2.17. The van der Waals surface area contributed by atoms with Crippen molar-refractivity contribution in [2.45, 2.75) is 52.3 Å². The summed E-state index contributed by atoms with van der Waals surface area (Å²) in [5, 5.41) is 6.76. The predicted molar refractivity (Wildman–Crippen MR) is 140 cm³/mol. The number of aromatic nitrogens is 1. The highest BCUT2D eigenvalue weighted by molar-refractivity contribution is 14.0. The summed E-state index contributed by atoms with van der Waals surface area (Å²) in [6, 6.07) is 8.44. The van der Waals surface area contributed by atoms with Crippen LogP contribution in [0.2, 0.25) is 0 Å². The molecule has 8 heteroatoms. The summed E-state index contributed by atoms with van der Waals surface area (Å²) in [7, 11) is 1.78. The number of halogens is 1. The first kappa shape index (κ1) is 24.4. The number of ether oxygens (including phenoxy) is 2. The highest BCUT2D eigenvalue weighted by Crippen LogP contribution is 2.35. The van der Waals surface area contributed by atoms with Crippen molar-refractivity contribution in [3.8, 4) is 11.5 Å². The highest BCUT2D eigenvalue weighted by Gasteiger charge is 2.22. The molecule has 1 aromatic heterocycles.